The van der Waals surface area contributed by atoms with Crippen molar-refractivity contribution in [1.29, 1.82) is 0 Å². The van der Waals surface area contributed by atoms with Crippen molar-refractivity contribution < 1.29 is 9.53 Å². The quantitative estimate of drug-likeness (QED) is 0.276. The first-order valence-corrected chi connectivity index (χ1v) is 14.6. The van der Waals surface area contributed by atoms with Crippen molar-refractivity contribution in [2.24, 2.45) is 0 Å². The van der Waals surface area contributed by atoms with Gasteiger partial charge in [0.15, 0.2) is 5.01 Å². The lowest BCUT2D eigenvalue weighted by atomic mass is 10.3. The van der Waals surface area contributed by atoms with E-state index in [1.165, 1.54) is 37.0 Å². The highest BCUT2D eigenvalue weighted by Gasteiger charge is 2.22. The van der Waals surface area contributed by atoms with Crippen molar-refractivity contribution >= 4 is 34.9 Å². The standard InChI is InChI=1S/C19H20N6O2S2.C5H11N.C2H6/c1-2-27-17-11-20-9-15(24-17)16-10-23-19(28-16)18(26)22-8-13-7-12(5-6-21-13)25-29-14-3-4-14;1-2-6-5-3-4-5;1-2/h5-7,9-11,14H,2-4,8H2,1H3,(H,21,25)(H,22,26);5-6H,2-4H2,1H3;1-2H3. The highest BCUT2D eigenvalue weighted by atomic mass is 32.2. The average Bonchev–Trinajstić information content (AvgIpc) is 3.87. The molecular weight excluding hydrogens is 506 g/mol. The lowest BCUT2D eigenvalue weighted by Gasteiger charge is -2.07. The van der Waals surface area contributed by atoms with E-state index in [4.69, 9.17) is 4.74 Å². The molecule has 200 valence electrons. The normalized spacial score (nSPS) is 13.9. The molecule has 11 heteroatoms. The van der Waals surface area contributed by atoms with Gasteiger partial charge in [-0.15, -0.1) is 11.3 Å². The highest BCUT2D eigenvalue weighted by molar-refractivity contribution is 8.01. The molecular formula is C26H37N7O2S2. The Bertz CT molecular complexity index is 1100. The average molecular weight is 544 g/mol. The third-order valence-electron chi connectivity index (χ3n) is 5.04. The highest BCUT2D eigenvalue weighted by Crippen LogP contribution is 2.34. The maximum Gasteiger partial charge on any atom is 0.280 e. The lowest BCUT2D eigenvalue weighted by molar-refractivity contribution is 0.0950. The molecule has 0 bridgehead atoms. The number of thiazole rings is 1. The van der Waals surface area contributed by atoms with Gasteiger partial charge in [-0.25, -0.2) is 9.97 Å². The van der Waals surface area contributed by atoms with Crippen molar-refractivity contribution in [3.8, 4) is 16.5 Å². The number of hydrogen-bond acceptors (Lipinski definition) is 10. The fourth-order valence-corrected chi connectivity index (χ4v) is 4.57. The molecule has 9 nitrogen and oxygen atoms in total. The van der Waals surface area contributed by atoms with Gasteiger partial charge in [0.05, 0.1) is 36.1 Å². The minimum atomic E-state index is -0.248. The van der Waals surface area contributed by atoms with Gasteiger partial charge in [0.2, 0.25) is 5.88 Å². The Morgan fingerprint density at radius 2 is 1.95 bits per heavy atom. The van der Waals surface area contributed by atoms with Crippen molar-refractivity contribution in [2.75, 3.05) is 17.9 Å². The minimum Gasteiger partial charge on any atom is -0.477 e. The van der Waals surface area contributed by atoms with Crippen LogP contribution in [-0.4, -0.2) is 50.3 Å². The first-order chi connectivity index (χ1) is 18.1. The number of rotatable bonds is 11. The molecule has 0 unspecified atom stereocenters. The summed E-state index contributed by atoms with van der Waals surface area (Å²) in [4.78, 5) is 30.3. The molecule has 5 rings (SSSR count). The summed E-state index contributed by atoms with van der Waals surface area (Å²) in [5, 5.41) is 7.26. The number of nitrogens with one attached hydrogen (secondary N) is 3. The Kier molecular flexibility index (Phi) is 12.1. The summed E-state index contributed by atoms with van der Waals surface area (Å²) in [5.41, 5.74) is 2.40. The van der Waals surface area contributed by atoms with Gasteiger partial charge in [0, 0.05) is 29.4 Å². The summed E-state index contributed by atoms with van der Waals surface area (Å²) >= 11 is 3.00. The van der Waals surface area contributed by atoms with Crippen molar-refractivity contribution in [3.05, 3.63) is 47.6 Å². The molecule has 37 heavy (non-hydrogen) atoms. The number of ether oxygens (including phenoxy) is 1. The largest absolute Gasteiger partial charge is 0.477 e. The van der Waals surface area contributed by atoms with Crippen molar-refractivity contribution in [3.63, 3.8) is 0 Å². The molecule has 0 saturated heterocycles. The van der Waals surface area contributed by atoms with E-state index in [1.54, 1.807) is 36.7 Å². The van der Waals surface area contributed by atoms with Crippen LogP contribution in [0.25, 0.3) is 10.6 Å². The first-order valence-electron chi connectivity index (χ1n) is 12.9. The van der Waals surface area contributed by atoms with Gasteiger partial charge in [-0.05, 0) is 63.2 Å². The summed E-state index contributed by atoms with van der Waals surface area (Å²) in [7, 11) is 0. The Morgan fingerprint density at radius 3 is 2.62 bits per heavy atom. The van der Waals surface area contributed by atoms with Gasteiger partial charge in [-0.1, -0.05) is 20.8 Å². The maximum absolute atomic E-state index is 12.5. The van der Waals surface area contributed by atoms with E-state index in [1.807, 2.05) is 32.9 Å². The molecule has 3 heterocycles. The van der Waals surface area contributed by atoms with Crippen LogP contribution in [0.2, 0.25) is 0 Å². The molecule has 2 aliphatic rings. The lowest BCUT2D eigenvalue weighted by Crippen LogP contribution is -2.23. The number of nitrogens with zero attached hydrogens (tertiary/aromatic N) is 4. The summed E-state index contributed by atoms with van der Waals surface area (Å²) in [6.45, 7) is 10.0. The van der Waals surface area contributed by atoms with Crippen LogP contribution in [0.4, 0.5) is 5.69 Å². The molecule has 0 aromatic carbocycles. The van der Waals surface area contributed by atoms with E-state index < -0.39 is 0 Å². The zero-order valence-electron chi connectivity index (χ0n) is 22.0. The van der Waals surface area contributed by atoms with E-state index in [0.717, 1.165) is 28.8 Å². The monoisotopic (exact) mass is 543 g/mol. The molecule has 2 aliphatic carbocycles. The van der Waals surface area contributed by atoms with Gasteiger partial charge < -0.3 is 20.1 Å². The predicted molar refractivity (Wildman–Crippen MR) is 152 cm³/mol. The molecule has 3 aromatic rings. The fraction of sp³-hybridized carbons (Fsp3) is 0.500. The molecule has 0 spiro atoms. The topological polar surface area (TPSA) is 114 Å². The molecule has 3 N–H and O–H groups in total. The number of anilines is 1. The number of hydrogen-bond donors (Lipinski definition) is 3. The van der Waals surface area contributed by atoms with Gasteiger partial charge >= 0.3 is 0 Å². The van der Waals surface area contributed by atoms with E-state index in [2.05, 4.69) is 42.2 Å². The van der Waals surface area contributed by atoms with Crippen LogP contribution in [0, 0.1) is 0 Å². The molecule has 2 fully saturated rings. The van der Waals surface area contributed by atoms with Crippen LogP contribution in [-0.2, 0) is 6.54 Å². The van der Waals surface area contributed by atoms with E-state index >= 15 is 0 Å². The van der Waals surface area contributed by atoms with Gasteiger partial charge in [-0.2, -0.15) is 0 Å². The van der Waals surface area contributed by atoms with E-state index in [0.29, 0.717) is 35.0 Å². The SMILES string of the molecule is CC.CCNC1CC1.CCOc1cncc(-c2cnc(C(=O)NCc3cc(NSC4CC4)ccn3)s2)n1. The molecule has 0 aliphatic heterocycles. The molecule has 0 atom stereocenters. The maximum atomic E-state index is 12.5. The van der Waals surface area contributed by atoms with Gasteiger partial charge in [-0.3, -0.25) is 14.8 Å². The number of carbonyl (C=O) groups excluding carboxylic acids is 1. The summed E-state index contributed by atoms with van der Waals surface area (Å²) in [6.07, 6.45) is 11.9. The second-order valence-electron chi connectivity index (χ2n) is 8.17. The van der Waals surface area contributed by atoms with Crippen LogP contribution in [0.3, 0.4) is 0 Å². The second kappa shape index (κ2) is 15.5. The Balaban J connectivity index is 0.000000412. The number of aromatic nitrogens is 4. The Hall–Kier alpha value is -2.76. The van der Waals surface area contributed by atoms with Crippen LogP contribution in [0.5, 0.6) is 5.88 Å². The van der Waals surface area contributed by atoms with Crippen LogP contribution in [0.1, 0.15) is 68.9 Å². The van der Waals surface area contributed by atoms with Gasteiger partial charge in [0.1, 0.15) is 5.69 Å². The summed E-state index contributed by atoms with van der Waals surface area (Å²) < 4.78 is 8.70. The minimum absolute atomic E-state index is 0.248. The zero-order chi connectivity index (χ0) is 26.5. The first kappa shape index (κ1) is 28.8. The zero-order valence-corrected chi connectivity index (χ0v) is 23.6. The molecule has 2 saturated carbocycles. The van der Waals surface area contributed by atoms with Crippen molar-refractivity contribution in [2.45, 2.75) is 71.2 Å². The Morgan fingerprint density at radius 1 is 1.14 bits per heavy atom. The second-order valence-corrected chi connectivity index (χ2v) is 10.3. The number of carbonyl (C=O) groups is 1. The Labute approximate surface area is 227 Å². The third-order valence-corrected chi connectivity index (χ3v) is 7.22. The third kappa shape index (κ3) is 10.3. The van der Waals surface area contributed by atoms with Crippen molar-refractivity contribution in [1.82, 2.24) is 30.6 Å². The molecule has 1 amide bonds. The van der Waals surface area contributed by atoms with E-state index in [9.17, 15) is 4.79 Å². The molecule has 0 radical (unpaired) electrons. The molecule has 3 aromatic heterocycles. The van der Waals surface area contributed by atoms with E-state index in [-0.39, 0.29) is 5.91 Å². The smallest absolute Gasteiger partial charge is 0.280 e. The predicted octanol–water partition coefficient (Wildman–Crippen LogP) is 5.33. The van der Waals surface area contributed by atoms with Crippen LogP contribution < -0.4 is 20.1 Å². The summed E-state index contributed by atoms with van der Waals surface area (Å²) in [5.74, 6) is 0.200. The summed E-state index contributed by atoms with van der Waals surface area (Å²) in [6, 6.07) is 4.76. The number of pyridine rings is 1. The van der Waals surface area contributed by atoms with Crippen LogP contribution in [0.15, 0.2) is 36.9 Å². The van der Waals surface area contributed by atoms with Crippen LogP contribution >= 0.6 is 23.3 Å². The number of amides is 1. The van der Waals surface area contributed by atoms with Gasteiger partial charge in [0.25, 0.3) is 5.91 Å². The fourth-order valence-electron chi connectivity index (χ4n) is 2.98.